The lowest BCUT2D eigenvalue weighted by molar-refractivity contribution is 0.0696. The van der Waals surface area contributed by atoms with Gasteiger partial charge < -0.3 is 14.6 Å². The summed E-state index contributed by atoms with van der Waals surface area (Å²) in [6.45, 7) is 0.0865. The quantitative estimate of drug-likeness (QED) is 0.247. The van der Waals surface area contributed by atoms with Crippen LogP contribution in [0.3, 0.4) is 0 Å². The van der Waals surface area contributed by atoms with Crippen LogP contribution in [0.4, 0.5) is 0 Å². The number of methoxy groups -OCH3 is 1. The number of carboxylic acid groups (broad SMARTS) is 1. The molecule has 8 nitrogen and oxygen atoms in total. The van der Waals surface area contributed by atoms with Crippen molar-refractivity contribution in [3.8, 4) is 22.9 Å². The molecule has 39 heavy (non-hydrogen) atoms. The Morgan fingerprint density at radius 1 is 1.03 bits per heavy atom. The first-order chi connectivity index (χ1) is 18.9. The van der Waals surface area contributed by atoms with Gasteiger partial charge in [-0.2, -0.15) is 9.78 Å². The van der Waals surface area contributed by atoms with Gasteiger partial charge in [0.25, 0.3) is 5.56 Å². The molecule has 0 saturated heterocycles. The Balaban J connectivity index is 1.49. The third-order valence-corrected chi connectivity index (χ3v) is 6.20. The van der Waals surface area contributed by atoms with Gasteiger partial charge in [0, 0.05) is 5.56 Å². The molecule has 1 N–H and O–H groups in total. The van der Waals surface area contributed by atoms with Crippen LogP contribution in [0.2, 0.25) is 5.02 Å². The minimum Gasteiger partial charge on any atom is -0.493 e. The van der Waals surface area contributed by atoms with Crippen LogP contribution in [0.15, 0.2) is 101 Å². The van der Waals surface area contributed by atoms with E-state index in [0.29, 0.717) is 39.4 Å². The van der Waals surface area contributed by atoms with Gasteiger partial charge in [0.15, 0.2) is 17.3 Å². The van der Waals surface area contributed by atoms with E-state index in [0.717, 1.165) is 5.56 Å². The minimum absolute atomic E-state index is 0.0865. The number of ether oxygens (including phenoxy) is 2. The molecule has 1 heterocycles. The smallest absolute Gasteiger partial charge is 0.335 e. The number of para-hydroxylation sites is 1. The van der Waals surface area contributed by atoms with Gasteiger partial charge in [-0.25, -0.2) is 9.78 Å². The second-order valence-electron chi connectivity index (χ2n) is 8.51. The van der Waals surface area contributed by atoms with E-state index in [2.05, 4.69) is 5.10 Å². The Labute approximate surface area is 228 Å². The highest BCUT2D eigenvalue weighted by Crippen LogP contribution is 2.36. The molecule has 0 spiro atoms. The first kappa shape index (κ1) is 25.7. The summed E-state index contributed by atoms with van der Waals surface area (Å²) in [5.41, 5.74) is 2.40. The maximum Gasteiger partial charge on any atom is 0.335 e. The molecule has 0 fully saturated rings. The number of nitrogens with zero attached hydrogens (tertiary/aromatic N) is 3. The molecular weight excluding hydrogens is 518 g/mol. The Morgan fingerprint density at radius 3 is 2.56 bits per heavy atom. The van der Waals surface area contributed by atoms with Crippen LogP contribution >= 0.6 is 11.6 Å². The standard InChI is InChI=1S/C30H22ClN3O5/c1-38-26-16-20(15-24(31)27(26)39-18-19-8-7-11-22(14-19)30(36)37)17-32-34-28(21-9-3-2-4-10-21)33-25-13-6-5-12-23(25)29(34)35/h2-17H,18H2,1H3,(H,36,37). The zero-order valence-electron chi connectivity index (χ0n) is 20.7. The lowest BCUT2D eigenvalue weighted by Gasteiger charge is -2.14. The van der Waals surface area contributed by atoms with Crippen molar-refractivity contribution < 1.29 is 19.4 Å². The number of carbonyl (C=O) groups is 1. The summed E-state index contributed by atoms with van der Waals surface area (Å²) < 4.78 is 12.6. The molecule has 0 bridgehead atoms. The van der Waals surface area contributed by atoms with Gasteiger partial charge in [-0.05, 0) is 47.5 Å². The maximum absolute atomic E-state index is 13.4. The Morgan fingerprint density at radius 2 is 1.79 bits per heavy atom. The lowest BCUT2D eigenvalue weighted by atomic mass is 10.1. The predicted octanol–water partition coefficient (Wildman–Crippen LogP) is 5.88. The number of carboxylic acids is 1. The normalized spacial score (nSPS) is 11.1. The van der Waals surface area contributed by atoms with E-state index < -0.39 is 5.97 Å². The summed E-state index contributed by atoms with van der Waals surface area (Å²) >= 11 is 6.54. The second kappa shape index (κ2) is 11.2. The van der Waals surface area contributed by atoms with Gasteiger partial charge in [0.05, 0.1) is 34.8 Å². The topological polar surface area (TPSA) is 103 Å². The summed E-state index contributed by atoms with van der Waals surface area (Å²) in [7, 11) is 1.48. The van der Waals surface area contributed by atoms with Gasteiger partial charge in [-0.1, -0.05) is 66.2 Å². The summed E-state index contributed by atoms with van der Waals surface area (Å²) in [5.74, 6) is 0.0292. The third-order valence-electron chi connectivity index (χ3n) is 5.92. The Bertz CT molecular complexity index is 1770. The van der Waals surface area contributed by atoms with Crippen LogP contribution in [0, 0.1) is 0 Å². The number of aromatic carboxylic acids is 1. The molecule has 5 aromatic rings. The van der Waals surface area contributed by atoms with Crippen molar-refractivity contribution >= 4 is 34.7 Å². The number of halogens is 1. The van der Waals surface area contributed by atoms with Gasteiger partial charge in [-0.15, -0.1) is 0 Å². The van der Waals surface area contributed by atoms with E-state index in [1.807, 2.05) is 36.4 Å². The molecule has 9 heteroatoms. The Kier molecular flexibility index (Phi) is 7.38. The first-order valence-corrected chi connectivity index (χ1v) is 12.3. The maximum atomic E-state index is 13.4. The largest absolute Gasteiger partial charge is 0.493 e. The summed E-state index contributed by atoms with van der Waals surface area (Å²) in [6, 6.07) is 26.2. The van der Waals surface area contributed by atoms with Crippen molar-refractivity contribution in [3.63, 3.8) is 0 Å². The van der Waals surface area contributed by atoms with Gasteiger partial charge >= 0.3 is 5.97 Å². The molecule has 0 radical (unpaired) electrons. The highest BCUT2D eigenvalue weighted by molar-refractivity contribution is 6.32. The fourth-order valence-corrected chi connectivity index (χ4v) is 4.31. The zero-order chi connectivity index (χ0) is 27.4. The molecule has 0 saturated carbocycles. The van der Waals surface area contributed by atoms with E-state index >= 15 is 0 Å². The van der Waals surface area contributed by atoms with Crippen LogP contribution in [-0.4, -0.2) is 34.1 Å². The van der Waals surface area contributed by atoms with Crippen LogP contribution in [0.5, 0.6) is 11.5 Å². The van der Waals surface area contributed by atoms with Gasteiger partial charge in [0.2, 0.25) is 0 Å². The minimum atomic E-state index is -1.02. The number of aromatic nitrogens is 2. The highest BCUT2D eigenvalue weighted by atomic mass is 35.5. The molecule has 0 atom stereocenters. The van der Waals surface area contributed by atoms with E-state index in [9.17, 15) is 14.7 Å². The van der Waals surface area contributed by atoms with Gasteiger partial charge in [-0.3, -0.25) is 4.79 Å². The predicted molar refractivity (Wildman–Crippen MR) is 150 cm³/mol. The molecule has 0 aliphatic rings. The average molecular weight is 540 g/mol. The number of hydrogen-bond acceptors (Lipinski definition) is 6. The SMILES string of the molecule is COc1cc(C=Nn2c(-c3ccccc3)nc3ccccc3c2=O)cc(Cl)c1OCc1cccc(C(=O)O)c1. The van der Waals surface area contributed by atoms with Crippen molar-refractivity contribution in [3.05, 3.63) is 123 Å². The number of benzene rings is 4. The third kappa shape index (κ3) is 5.51. The van der Waals surface area contributed by atoms with Crippen molar-refractivity contribution in [1.82, 2.24) is 9.66 Å². The second-order valence-corrected chi connectivity index (χ2v) is 8.92. The van der Waals surface area contributed by atoms with Crippen LogP contribution in [0.1, 0.15) is 21.5 Å². The van der Waals surface area contributed by atoms with Crippen LogP contribution in [0.25, 0.3) is 22.3 Å². The molecule has 0 aliphatic heterocycles. The fourth-order valence-electron chi connectivity index (χ4n) is 4.03. The van der Waals surface area contributed by atoms with Crippen molar-refractivity contribution in [1.29, 1.82) is 0 Å². The van der Waals surface area contributed by atoms with Crippen molar-refractivity contribution in [2.45, 2.75) is 6.61 Å². The molecule has 4 aromatic carbocycles. The molecule has 1 aromatic heterocycles. The van der Waals surface area contributed by atoms with E-state index in [1.54, 1.807) is 42.5 Å². The van der Waals surface area contributed by atoms with Crippen molar-refractivity contribution in [2.75, 3.05) is 7.11 Å². The van der Waals surface area contributed by atoms with Gasteiger partial charge in [0.1, 0.15) is 6.61 Å². The number of hydrogen-bond donors (Lipinski definition) is 1. The first-order valence-electron chi connectivity index (χ1n) is 11.9. The zero-order valence-corrected chi connectivity index (χ0v) is 21.5. The van der Waals surface area contributed by atoms with E-state index in [1.165, 1.54) is 30.1 Å². The van der Waals surface area contributed by atoms with E-state index in [-0.39, 0.29) is 22.8 Å². The Hall–Kier alpha value is -4.95. The summed E-state index contributed by atoms with van der Waals surface area (Å²) in [5, 5.41) is 14.4. The highest BCUT2D eigenvalue weighted by Gasteiger charge is 2.15. The lowest BCUT2D eigenvalue weighted by Crippen LogP contribution is -2.20. The fraction of sp³-hybridized carbons (Fsp3) is 0.0667. The molecular formula is C30H22ClN3O5. The molecule has 194 valence electrons. The summed E-state index contributed by atoms with van der Waals surface area (Å²) in [4.78, 5) is 29.3. The molecule has 0 aliphatic carbocycles. The monoisotopic (exact) mass is 539 g/mol. The van der Waals surface area contributed by atoms with E-state index in [4.69, 9.17) is 26.1 Å². The molecule has 0 unspecified atom stereocenters. The van der Waals surface area contributed by atoms with Crippen LogP contribution in [-0.2, 0) is 6.61 Å². The summed E-state index contributed by atoms with van der Waals surface area (Å²) in [6.07, 6.45) is 1.50. The molecule has 0 amide bonds. The van der Waals surface area contributed by atoms with Crippen molar-refractivity contribution in [2.24, 2.45) is 5.10 Å². The molecule has 5 rings (SSSR count). The number of rotatable bonds is 8. The van der Waals surface area contributed by atoms with Crippen LogP contribution < -0.4 is 15.0 Å². The number of fused-ring (bicyclic) bond motifs is 1. The average Bonchev–Trinajstić information content (AvgIpc) is 2.96.